The molecule has 1 unspecified atom stereocenters. The van der Waals surface area contributed by atoms with Crippen molar-refractivity contribution in [2.75, 3.05) is 12.0 Å². The molecule has 1 aromatic heterocycles. The molecular weight excluding hydrogens is 282 g/mol. The Bertz CT molecular complexity index is 577. The lowest BCUT2D eigenvalue weighted by atomic mass is 10.3. The van der Waals surface area contributed by atoms with Gasteiger partial charge in [0.15, 0.2) is 20.4 Å². The number of nitrogen functional groups attached to an aromatic ring is 1. The van der Waals surface area contributed by atoms with Gasteiger partial charge in [-0.2, -0.15) is 0 Å². The van der Waals surface area contributed by atoms with Crippen molar-refractivity contribution in [3.8, 4) is 0 Å². The molecule has 0 aromatic carbocycles. The minimum absolute atomic E-state index is 0.0192. The van der Waals surface area contributed by atoms with Gasteiger partial charge in [0.2, 0.25) is 5.71 Å². The van der Waals surface area contributed by atoms with Crippen LogP contribution in [0.3, 0.4) is 0 Å². The van der Waals surface area contributed by atoms with E-state index < -0.39 is 27.0 Å². The van der Waals surface area contributed by atoms with Crippen LogP contribution >= 0.6 is 11.3 Å². The third-order valence-corrected chi connectivity index (χ3v) is 3.91. The fourth-order valence-electron chi connectivity index (χ4n) is 0.887. The number of ether oxygens (including phenoxy) is 1. The van der Waals surface area contributed by atoms with Gasteiger partial charge in [-0.3, -0.25) is 0 Å². The number of aromatic nitrogens is 1. The molecule has 10 heteroatoms. The predicted molar refractivity (Wildman–Crippen MR) is 65.2 cm³/mol. The third kappa shape index (κ3) is 3.40. The van der Waals surface area contributed by atoms with Gasteiger partial charge in [0.25, 0.3) is 0 Å². The first-order chi connectivity index (χ1) is 8.25. The smallest absolute Gasteiger partial charge is 0.363 e. The second kappa shape index (κ2) is 5.31. The Morgan fingerprint density at radius 2 is 2.28 bits per heavy atom. The van der Waals surface area contributed by atoms with E-state index in [4.69, 9.17) is 10.9 Å². The van der Waals surface area contributed by atoms with Crippen LogP contribution in [-0.4, -0.2) is 42.0 Å². The molecule has 0 aliphatic carbocycles. The number of thiazole rings is 1. The standard InChI is InChI=1S/C8H11N3O5S2/c1-4(18(2,14)15)16-7(12)6(11-13)5-3-17-8(9)10-5/h3-4,13H,1-2H3,(H2,9,10). The number of hydrogen-bond acceptors (Lipinski definition) is 9. The van der Waals surface area contributed by atoms with E-state index in [-0.39, 0.29) is 10.8 Å². The number of nitrogens with two attached hydrogens (primary N) is 1. The van der Waals surface area contributed by atoms with Gasteiger partial charge in [0.05, 0.1) is 0 Å². The predicted octanol–water partition coefficient (Wildman–Crippen LogP) is -0.163. The lowest BCUT2D eigenvalue weighted by Gasteiger charge is -2.10. The van der Waals surface area contributed by atoms with Crippen LogP contribution in [0.2, 0.25) is 0 Å². The van der Waals surface area contributed by atoms with Crippen molar-refractivity contribution in [1.82, 2.24) is 4.98 Å². The Hall–Kier alpha value is -1.68. The van der Waals surface area contributed by atoms with Crippen molar-refractivity contribution in [2.45, 2.75) is 12.4 Å². The van der Waals surface area contributed by atoms with Gasteiger partial charge in [0, 0.05) is 11.6 Å². The van der Waals surface area contributed by atoms with Gasteiger partial charge in [-0.1, -0.05) is 5.16 Å². The highest BCUT2D eigenvalue weighted by Gasteiger charge is 2.25. The summed E-state index contributed by atoms with van der Waals surface area (Å²) in [5.41, 5.74) is 3.53. The first-order valence-corrected chi connectivity index (χ1v) is 7.42. The van der Waals surface area contributed by atoms with E-state index in [9.17, 15) is 13.2 Å². The molecule has 0 bridgehead atoms. The maximum Gasteiger partial charge on any atom is 0.363 e. The summed E-state index contributed by atoms with van der Waals surface area (Å²) in [6, 6.07) is 0. The first-order valence-electron chi connectivity index (χ1n) is 4.59. The summed E-state index contributed by atoms with van der Waals surface area (Å²) < 4.78 is 26.8. The fourth-order valence-corrected chi connectivity index (χ4v) is 1.70. The number of anilines is 1. The van der Waals surface area contributed by atoms with Crippen molar-refractivity contribution in [1.29, 1.82) is 0 Å². The van der Waals surface area contributed by atoms with Crippen LogP contribution in [0.15, 0.2) is 10.5 Å². The largest absolute Gasteiger partial charge is 0.441 e. The second-order valence-electron chi connectivity index (χ2n) is 3.32. The number of hydrogen-bond donors (Lipinski definition) is 2. The van der Waals surface area contributed by atoms with E-state index in [1.54, 1.807) is 0 Å². The van der Waals surface area contributed by atoms with E-state index in [0.29, 0.717) is 0 Å². The molecule has 0 saturated heterocycles. The lowest BCUT2D eigenvalue weighted by molar-refractivity contribution is -0.136. The molecule has 1 heterocycles. The Kier molecular flexibility index (Phi) is 4.24. The molecule has 0 spiro atoms. The summed E-state index contributed by atoms with van der Waals surface area (Å²) in [4.78, 5) is 15.3. The zero-order chi connectivity index (χ0) is 13.9. The Morgan fingerprint density at radius 3 is 2.67 bits per heavy atom. The number of nitrogens with zero attached hydrogens (tertiary/aromatic N) is 2. The molecule has 0 fully saturated rings. The minimum Gasteiger partial charge on any atom is -0.441 e. The number of sulfone groups is 1. The number of carbonyl (C=O) groups is 1. The van der Waals surface area contributed by atoms with Crippen molar-refractivity contribution in [2.24, 2.45) is 5.16 Å². The molecule has 1 aromatic rings. The molecule has 3 N–H and O–H groups in total. The molecule has 0 saturated carbocycles. The number of rotatable bonds is 4. The summed E-state index contributed by atoms with van der Waals surface area (Å²) in [7, 11) is -3.54. The van der Waals surface area contributed by atoms with Gasteiger partial charge in [-0.15, -0.1) is 11.3 Å². The van der Waals surface area contributed by atoms with Gasteiger partial charge in [-0.25, -0.2) is 18.2 Å². The average Bonchev–Trinajstić information content (AvgIpc) is 2.64. The zero-order valence-corrected chi connectivity index (χ0v) is 11.2. The van der Waals surface area contributed by atoms with Crippen LogP contribution in [0.4, 0.5) is 5.13 Å². The highest BCUT2D eigenvalue weighted by atomic mass is 32.2. The van der Waals surface area contributed by atoms with Crippen LogP contribution < -0.4 is 5.73 Å². The van der Waals surface area contributed by atoms with Crippen LogP contribution in [0.5, 0.6) is 0 Å². The van der Waals surface area contributed by atoms with Gasteiger partial charge < -0.3 is 15.7 Å². The SMILES string of the molecule is CC(OC(=O)C(=NO)c1csc(N)n1)S(C)(=O)=O. The van der Waals surface area contributed by atoms with Crippen molar-refractivity contribution in [3.05, 3.63) is 11.1 Å². The molecule has 18 heavy (non-hydrogen) atoms. The normalized spacial score (nSPS) is 14.2. The molecule has 0 aliphatic heterocycles. The first kappa shape index (κ1) is 14.4. The maximum absolute atomic E-state index is 11.6. The highest BCUT2D eigenvalue weighted by molar-refractivity contribution is 7.91. The van der Waals surface area contributed by atoms with Crippen LogP contribution in [-0.2, 0) is 19.4 Å². The summed E-state index contributed by atoms with van der Waals surface area (Å²) in [5.74, 6) is -1.10. The summed E-state index contributed by atoms with van der Waals surface area (Å²) in [6.45, 7) is 1.19. The van der Waals surface area contributed by atoms with Crippen LogP contribution in [0.25, 0.3) is 0 Å². The maximum atomic E-state index is 11.6. The number of carbonyl (C=O) groups excluding carboxylic acids is 1. The minimum atomic E-state index is -3.54. The van der Waals surface area contributed by atoms with E-state index in [1.807, 2.05) is 0 Å². The molecule has 0 radical (unpaired) electrons. The van der Waals surface area contributed by atoms with Gasteiger partial charge in [0.1, 0.15) is 5.69 Å². The van der Waals surface area contributed by atoms with Crippen molar-refractivity contribution >= 4 is 38.0 Å². The molecule has 8 nitrogen and oxygen atoms in total. The van der Waals surface area contributed by atoms with Crippen molar-refractivity contribution < 1.29 is 23.2 Å². The monoisotopic (exact) mass is 293 g/mol. The average molecular weight is 293 g/mol. The number of esters is 1. The Balaban J connectivity index is 2.89. The fraction of sp³-hybridized carbons (Fsp3) is 0.375. The lowest BCUT2D eigenvalue weighted by Crippen LogP contribution is -2.28. The second-order valence-corrected chi connectivity index (χ2v) is 6.53. The van der Waals surface area contributed by atoms with Gasteiger partial charge >= 0.3 is 5.97 Å². The summed E-state index contributed by atoms with van der Waals surface area (Å²) in [6.07, 6.45) is 0.918. The Morgan fingerprint density at radius 1 is 1.67 bits per heavy atom. The molecule has 1 atom stereocenters. The molecule has 0 aliphatic rings. The quantitative estimate of drug-likeness (QED) is 0.341. The zero-order valence-electron chi connectivity index (χ0n) is 9.52. The van der Waals surface area contributed by atoms with Crippen LogP contribution in [0.1, 0.15) is 12.6 Å². The van der Waals surface area contributed by atoms with Crippen molar-refractivity contribution in [3.63, 3.8) is 0 Å². The van der Waals surface area contributed by atoms with E-state index in [0.717, 1.165) is 17.6 Å². The van der Waals surface area contributed by atoms with E-state index >= 15 is 0 Å². The molecular formula is C8H11N3O5S2. The molecule has 100 valence electrons. The van der Waals surface area contributed by atoms with E-state index in [2.05, 4.69) is 14.9 Å². The Labute approximate surface area is 107 Å². The third-order valence-electron chi connectivity index (χ3n) is 1.93. The van der Waals surface area contributed by atoms with Gasteiger partial charge in [-0.05, 0) is 6.92 Å². The van der Waals surface area contributed by atoms with E-state index in [1.165, 1.54) is 12.3 Å². The summed E-state index contributed by atoms with van der Waals surface area (Å²) >= 11 is 1.04. The molecule has 1 rings (SSSR count). The van der Waals surface area contributed by atoms with Crippen LogP contribution in [0, 0.1) is 0 Å². The molecule has 0 amide bonds. The number of oxime groups is 1. The topological polar surface area (TPSA) is 132 Å². The summed E-state index contributed by atoms with van der Waals surface area (Å²) in [5, 5.41) is 13.0. The highest BCUT2D eigenvalue weighted by Crippen LogP contribution is 2.13.